The van der Waals surface area contributed by atoms with Crippen LogP contribution in [0.1, 0.15) is 11.1 Å². The molecule has 4 heteroatoms. The molecule has 1 aromatic carbocycles. The SMILES string of the molecule is COC=C(C(=O)OC)c1ccccc1CO. The molecule has 1 aromatic rings. The van der Waals surface area contributed by atoms with Crippen LogP contribution in [0.3, 0.4) is 0 Å². The highest BCUT2D eigenvalue weighted by atomic mass is 16.5. The third kappa shape index (κ3) is 2.61. The Balaban J connectivity index is 3.21. The second-order valence-corrected chi connectivity index (χ2v) is 3.07. The van der Waals surface area contributed by atoms with E-state index in [2.05, 4.69) is 4.74 Å². The largest absolute Gasteiger partial charge is 0.503 e. The molecule has 0 atom stereocenters. The van der Waals surface area contributed by atoms with E-state index < -0.39 is 5.97 Å². The first-order valence-electron chi connectivity index (χ1n) is 4.75. The molecule has 86 valence electrons. The van der Waals surface area contributed by atoms with Gasteiger partial charge in [-0.25, -0.2) is 4.79 Å². The number of esters is 1. The number of ether oxygens (including phenoxy) is 2. The Morgan fingerprint density at radius 2 is 2.06 bits per heavy atom. The molecular formula is C12H14O4. The second-order valence-electron chi connectivity index (χ2n) is 3.07. The molecule has 16 heavy (non-hydrogen) atoms. The van der Waals surface area contributed by atoms with E-state index in [9.17, 15) is 4.79 Å². The normalized spacial score (nSPS) is 11.1. The van der Waals surface area contributed by atoms with Crippen molar-refractivity contribution in [3.8, 4) is 0 Å². The smallest absolute Gasteiger partial charge is 0.341 e. The van der Waals surface area contributed by atoms with Crippen molar-refractivity contribution in [2.75, 3.05) is 14.2 Å². The van der Waals surface area contributed by atoms with Crippen LogP contribution in [0, 0.1) is 0 Å². The zero-order chi connectivity index (χ0) is 12.0. The van der Waals surface area contributed by atoms with Crippen molar-refractivity contribution < 1.29 is 19.4 Å². The van der Waals surface area contributed by atoms with Gasteiger partial charge in [0.05, 0.1) is 27.1 Å². The lowest BCUT2D eigenvalue weighted by Crippen LogP contribution is -2.06. The van der Waals surface area contributed by atoms with Crippen molar-refractivity contribution in [1.82, 2.24) is 0 Å². The van der Waals surface area contributed by atoms with Crippen LogP contribution < -0.4 is 0 Å². The molecule has 0 bridgehead atoms. The summed E-state index contributed by atoms with van der Waals surface area (Å²) in [7, 11) is 2.75. The molecule has 0 fully saturated rings. The quantitative estimate of drug-likeness (QED) is 0.474. The summed E-state index contributed by atoms with van der Waals surface area (Å²) >= 11 is 0. The molecular weight excluding hydrogens is 208 g/mol. The third-order valence-corrected chi connectivity index (χ3v) is 2.12. The van der Waals surface area contributed by atoms with Crippen molar-refractivity contribution >= 4 is 11.5 Å². The fourth-order valence-corrected chi connectivity index (χ4v) is 1.37. The van der Waals surface area contributed by atoms with E-state index in [0.717, 1.165) is 0 Å². The number of carbonyl (C=O) groups is 1. The summed E-state index contributed by atoms with van der Waals surface area (Å²) in [6.07, 6.45) is 1.31. The van der Waals surface area contributed by atoms with Crippen LogP contribution in [0.5, 0.6) is 0 Å². The van der Waals surface area contributed by atoms with Crippen LogP contribution in [0.2, 0.25) is 0 Å². The average Bonchev–Trinajstić information content (AvgIpc) is 2.35. The van der Waals surface area contributed by atoms with Gasteiger partial charge in [0.1, 0.15) is 5.57 Å². The average molecular weight is 222 g/mol. The summed E-state index contributed by atoms with van der Waals surface area (Å²) in [5.74, 6) is -0.497. The number of hydrogen-bond donors (Lipinski definition) is 1. The number of methoxy groups -OCH3 is 2. The zero-order valence-corrected chi connectivity index (χ0v) is 9.27. The van der Waals surface area contributed by atoms with Crippen molar-refractivity contribution in [1.29, 1.82) is 0 Å². The summed E-state index contributed by atoms with van der Waals surface area (Å²) in [4.78, 5) is 11.5. The molecule has 0 amide bonds. The van der Waals surface area contributed by atoms with Crippen LogP contribution in [-0.4, -0.2) is 25.3 Å². The molecule has 0 saturated carbocycles. The van der Waals surface area contributed by atoms with Gasteiger partial charge in [0, 0.05) is 0 Å². The first-order chi connectivity index (χ1) is 7.74. The molecule has 0 radical (unpaired) electrons. The molecule has 0 heterocycles. The topological polar surface area (TPSA) is 55.8 Å². The van der Waals surface area contributed by atoms with Crippen molar-refractivity contribution in [2.24, 2.45) is 0 Å². The molecule has 1 N–H and O–H groups in total. The number of hydrogen-bond acceptors (Lipinski definition) is 4. The number of aliphatic hydroxyl groups is 1. The summed E-state index contributed by atoms with van der Waals surface area (Å²) in [6.45, 7) is -0.145. The molecule has 0 aliphatic carbocycles. The molecule has 0 spiro atoms. The molecule has 1 rings (SSSR count). The lowest BCUT2D eigenvalue weighted by molar-refractivity contribution is -0.133. The maximum absolute atomic E-state index is 11.5. The lowest BCUT2D eigenvalue weighted by Gasteiger charge is -2.09. The van der Waals surface area contributed by atoms with Gasteiger partial charge in [0.25, 0.3) is 0 Å². The first kappa shape index (κ1) is 12.3. The van der Waals surface area contributed by atoms with Crippen molar-refractivity contribution in [2.45, 2.75) is 6.61 Å². The zero-order valence-electron chi connectivity index (χ0n) is 9.27. The molecule has 0 aromatic heterocycles. The molecule has 0 aliphatic heterocycles. The summed E-state index contributed by atoms with van der Waals surface area (Å²) in [5.41, 5.74) is 1.55. The molecule has 4 nitrogen and oxygen atoms in total. The minimum absolute atomic E-state index is 0.145. The first-order valence-corrected chi connectivity index (χ1v) is 4.75. The Labute approximate surface area is 94.1 Å². The summed E-state index contributed by atoms with van der Waals surface area (Å²) in [5, 5.41) is 9.17. The van der Waals surface area contributed by atoms with Gasteiger partial charge in [-0.15, -0.1) is 0 Å². The van der Waals surface area contributed by atoms with E-state index in [1.54, 1.807) is 24.3 Å². The highest BCUT2D eigenvalue weighted by Crippen LogP contribution is 2.20. The van der Waals surface area contributed by atoms with Crippen LogP contribution in [-0.2, 0) is 20.9 Å². The predicted octanol–water partition coefficient (Wildman–Crippen LogP) is 1.34. The number of rotatable bonds is 4. The minimum atomic E-state index is -0.497. The Hall–Kier alpha value is -1.81. The Morgan fingerprint density at radius 3 is 2.62 bits per heavy atom. The second kappa shape index (κ2) is 5.92. The van der Waals surface area contributed by atoms with Crippen molar-refractivity contribution in [3.63, 3.8) is 0 Å². The number of aliphatic hydroxyl groups excluding tert-OH is 1. The van der Waals surface area contributed by atoms with E-state index in [0.29, 0.717) is 11.1 Å². The number of benzene rings is 1. The fraction of sp³-hybridized carbons (Fsp3) is 0.250. The van der Waals surface area contributed by atoms with Gasteiger partial charge in [-0.2, -0.15) is 0 Å². The Morgan fingerprint density at radius 1 is 1.38 bits per heavy atom. The standard InChI is InChI=1S/C12H14O4/c1-15-8-11(12(14)16-2)10-6-4-3-5-9(10)7-13/h3-6,8,13H,7H2,1-2H3. The van der Waals surface area contributed by atoms with Crippen LogP contribution in [0.25, 0.3) is 5.57 Å². The highest BCUT2D eigenvalue weighted by molar-refractivity contribution is 6.16. The van der Waals surface area contributed by atoms with E-state index >= 15 is 0 Å². The van der Waals surface area contributed by atoms with Crippen LogP contribution in [0.15, 0.2) is 30.5 Å². The lowest BCUT2D eigenvalue weighted by atomic mass is 10.0. The molecule has 0 unspecified atom stereocenters. The maximum atomic E-state index is 11.5. The van der Waals surface area contributed by atoms with E-state index in [-0.39, 0.29) is 12.2 Å². The van der Waals surface area contributed by atoms with Crippen molar-refractivity contribution in [3.05, 3.63) is 41.7 Å². The van der Waals surface area contributed by atoms with E-state index in [1.165, 1.54) is 20.5 Å². The van der Waals surface area contributed by atoms with Gasteiger partial charge >= 0.3 is 5.97 Å². The predicted molar refractivity (Wildman–Crippen MR) is 59.4 cm³/mol. The Bertz CT molecular complexity index is 396. The van der Waals surface area contributed by atoms with Gasteiger partial charge in [0.2, 0.25) is 0 Å². The van der Waals surface area contributed by atoms with Gasteiger partial charge in [-0.05, 0) is 11.1 Å². The van der Waals surface area contributed by atoms with Gasteiger partial charge in [-0.3, -0.25) is 0 Å². The van der Waals surface area contributed by atoms with Gasteiger partial charge in [-0.1, -0.05) is 24.3 Å². The molecule has 0 aliphatic rings. The third-order valence-electron chi connectivity index (χ3n) is 2.12. The summed E-state index contributed by atoms with van der Waals surface area (Å²) in [6, 6.07) is 7.03. The minimum Gasteiger partial charge on any atom is -0.503 e. The van der Waals surface area contributed by atoms with E-state index in [1.807, 2.05) is 0 Å². The van der Waals surface area contributed by atoms with Crippen LogP contribution >= 0.6 is 0 Å². The highest BCUT2D eigenvalue weighted by Gasteiger charge is 2.15. The molecule has 0 saturated heterocycles. The Kier molecular flexibility index (Phi) is 4.54. The van der Waals surface area contributed by atoms with Gasteiger partial charge in [0.15, 0.2) is 0 Å². The summed E-state index contributed by atoms with van der Waals surface area (Å²) < 4.78 is 9.49. The van der Waals surface area contributed by atoms with Crippen LogP contribution in [0.4, 0.5) is 0 Å². The monoisotopic (exact) mass is 222 g/mol. The maximum Gasteiger partial charge on any atom is 0.341 e. The number of carbonyl (C=O) groups excluding carboxylic acids is 1. The van der Waals surface area contributed by atoms with Gasteiger partial charge < -0.3 is 14.6 Å². The van der Waals surface area contributed by atoms with E-state index in [4.69, 9.17) is 9.84 Å². The fourth-order valence-electron chi connectivity index (χ4n) is 1.37.